The molecule has 0 aliphatic carbocycles. The van der Waals surface area contributed by atoms with Gasteiger partial charge in [-0.3, -0.25) is 9.69 Å². The highest BCUT2D eigenvalue weighted by atomic mass is 19.3. The van der Waals surface area contributed by atoms with E-state index in [2.05, 4.69) is 0 Å². The van der Waals surface area contributed by atoms with Crippen molar-refractivity contribution in [2.75, 3.05) is 13.1 Å². The van der Waals surface area contributed by atoms with Crippen LogP contribution in [0.15, 0.2) is 30.3 Å². The van der Waals surface area contributed by atoms with Crippen LogP contribution in [0.25, 0.3) is 0 Å². The Hall–Kier alpha value is -1.33. The topological polar surface area (TPSA) is 40.5 Å². The fourth-order valence-electron chi connectivity index (χ4n) is 2.19. The Bertz CT molecular complexity index is 411. The number of aliphatic hydroxyl groups is 1. The van der Waals surface area contributed by atoms with Crippen molar-refractivity contribution in [2.24, 2.45) is 5.92 Å². The summed E-state index contributed by atoms with van der Waals surface area (Å²) in [7, 11) is 0. The zero-order valence-corrected chi connectivity index (χ0v) is 9.80. The number of Topliss-reactive ketones (excluding diaryl/α,β-unsaturated/α-hetero) is 1. The summed E-state index contributed by atoms with van der Waals surface area (Å²) < 4.78 is 25.4. The molecule has 2 atom stereocenters. The predicted molar refractivity (Wildman–Crippen MR) is 62.2 cm³/mol. The lowest BCUT2D eigenvalue weighted by atomic mass is 9.94. The number of halogens is 2. The van der Waals surface area contributed by atoms with E-state index in [-0.39, 0.29) is 13.1 Å². The van der Waals surface area contributed by atoms with Crippen molar-refractivity contribution >= 4 is 5.78 Å². The maximum absolute atomic E-state index is 12.7. The molecule has 98 valence electrons. The number of nitrogens with zero attached hydrogens (tertiary/aromatic N) is 1. The fourth-order valence-corrected chi connectivity index (χ4v) is 2.19. The summed E-state index contributed by atoms with van der Waals surface area (Å²) in [6.45, 7) is 0.515. The van der Waals surface area contributed by atoms with E-state index in [9.17, 15) is 18.7 Å². The number of aliphatic hydroxyl groups excluding tert-OH is 1. The number of carbonyl (C=O) groups excluding carboxylic acids is 1. The number of ketones is 1. The van der Waals surface area contributed by atoms with Crippen LogP contribution < -0.4 is 0 Å². The first kappa shape index (κ1) is 13.1. The van der Waals surface area contributed by atoms with Gasteiger partial charge in [0.05, 0.1) is 12.5 Å². The molecule has 0 radical (unpaired) electrons. The van der Waals surface area contributed by atoms with Crippen molar-refractivity contribution in [2.45, 2.75) is 19.1 Å². The summed E-state index contributed by atoms with van der Waals surface area (Å²) in [5.41, 5.74) is 0.967. The molecule has 2 rings (SSSR count). The first-order chi connectivity index (χ1) is 8.58. The Morgan fingerprint density at radius 2 is 2.00 bits per heavy atom. The van der Waals surface area contributed by atoms with Gasteiger partial charge in [-0.15, -0.1) is 0 Å². The van der Waals surface area contributed by atoms with Gasteiger partial charge in [0, 0.05) is 13.1 Å². The van der Waals surface area contributed by atoms with E-state index in [1.807, 2.05) is 30.3 Å². The lowest BCUT2D eigenvalue weighted by Crippen LogP contribution is -2.51. The van der Waals surface area contributed by atoms with E-state index in [0.717, 1.165) is 5.56 Å². The largest absolute Gasteiger partial charge is 0.385 e. The molecule has 0 unspecified atom stereocenters. The van der Waals surface area contributed by atoms with Crippen LogP contribution in [0.5, 0.6) is 0 Å². The Morgan fingerprint density at radius 3 is 2.61 bits per heavy atom. The predicted octanol–water partition coefficient (Wildman–Crippen LogP) is 1.31. The Morgan fingerprint density at radius 1 is 1.33 bits per heavy atom. The average Bonchev–Trinajstić information content (AvgIpc) is 2.34. The van der Waals surface area contributed by atoms with E-state index in [1.54, 1.807) is 4.90 Å². The first-order valence-corrected chi connectivity index (χ1v) is 5.83. The summed E-state index contributed by atoms with van der Waals surface area (Å²) in [6, 6.07) is 9.36. The third-order valence-electron chi connectivity index (χ3n) is 3.16. The van der Waals surface area contributed by atoms with Gasteiger partial charge in [0.1, 0.15) is 6.10 Å². The zero-order valence-electron chi connectivity index (χ0n) is 9.80. The van der Waals surface area contributed by atoms with Gasteiger partial charge >= 0.3 is 0 Å². The number of piperidine rings is 1. The van der Waals surface area contributed by atoms with Gasteiger partial charge < -0.3 is 5.11 Å². The van der Waals surface area contributed by atoms with Crippen LogP contribution in [0.2, 0.25) is 0 Å². The van der Waals surface area contributed by atoms with Crippen LogP contribution >= 0.6 is 0 Å². The van der Waals surface area contributed by atoms with Crippen LogP contribution in [0, 0.1) is 5.92 Å². The molecule has 1 aliphatic heterocycles. The molecule has 0 aromatic heterocycles. The Balaban J connectivity index is 2.04. The maximum atomic E-state index is 12.7. The molecule has 5 heteroatoms. The second kappa shape index (κ2) is 5.54. The number of alkyl halides is 2. The molecule has 0 amide bonds. The van der Waals surface area contributed by atoms with Crippen molar-refractivity contribution in [3.8, 4) is 0 Å². The van der Waals surface area contributed by atoms with Crippen LogP contribution in [0.3, 0.4) is 0 Å². The van der Waals surface area contributed by atoms with Gasteiger partial charge in [-0.1, -0.05) is 30.3 Å². The van der Waals surface area contributed by atoms with E-state index in [0.29, 0.717) is 6.54 Å². The van der Waals surface area contributed by atoms with Gasteiger partial charge in [0.2, 0.25) is 6.43 Å². The molecule has 1 N–H and O–H groups in total. The number of rotatable bonds is 3. The third-order valence-corrected chi connectivity index (χ3v) is 3.16. The molecule has 0 saturated carbocycles. The van der Waals surface area contributed by atoms with Crippen molar-refractivity contribution in [1.29, 1.82) is 0 Å². The van der Waals surface area contributed by atoms with Crippen LogP contribution in [0.4, 0.5) is 8.78 Å². The van der Waals surface area contributed by atoms with E-state index >= 15 is 0 Å². The standard InChI is InChI=1S/C13H15F2NO2/c14-13(15)10-7-16(8-11(17)12(10)18)6-9-4-2-1-3-5-9/h1-5,10,12-13,18H,6-8H2/t10-,12+/m0/s1. The summed E-state index contributed by atoms with van der Waals surface area (Å²) >= 11 is 0. The maximum Gasteiger partial charge on any atom is 0.245 e. The monoisotopic (exact) mass is 255 g/mol. The lowest BCUT2D eigenvalue weighted by molar-refractivity contribution is -0.142. The molecule has 1 aliphatic rings. The normalized spacial score (nSPS) is 25.7. The third kappa shape index (κ3) is 2.91. The molecule has 1 saturated heterocycles. The summed E-state index contributed by atoms with van der Waals surface area (Å²) in [6.07, 6.45) is -4.21. The van der Waals surface area contributed by atoms with Gasteiger partial charge in [-0.05, 0) is 5.56 Å². The number of likely N-dealkylation sites (tertiary alicyclic amines) is 1. The Labute approximate surface area is 104 Å². The van der Waals surface area contributed by atoms with Gasteiger partial charge in [0.15, 0.2) is 5.78 Å². The first-order valence-electron chi connectivity index (χ1n) is 5.83. The van der Waals surface area contributed by atoms with E-state index < -0.39 is 24.2 Å². The molecule has 18 heavy (non-hydrogen) atoms. The molecule has 3 nitrogen and oxygen atoms in total. The minimum absolute atomic E-state index is 0.0271. The summed E-state index contributed by atoms with van der Waals surface area (Å²) in [5.74, 6) is -1.81. The molecule has 0 bridgehead atoms. The molecule has 1 fully saturated rings. The van der Waals surface area contributed by atoms with Crippen LogP contribution in [-0.4, -0.2) is 41.4 Å². The highest BCUT2D eigenvalue weighted by molar-refractivity contribution is 5.85. The smallest absolute Gasteiger partial charge is 0.245 e. The van der Waals surface area contributed by atoms with Gasteiger partial charge in [-0.25, -0.2) is 8.78 Å². The van der Waals surface area contributed by atoms with Gasteiger partial charge in [-0.2, -0.15) is 0 Å². The van der Waals surface area contributed by atoms with Crippen molar-refractivity contribution in [3.63, 3.8) is 0 Å². The quantitative estimate of drug-likeness (QED) is 0.885. The second-order valence-electron chi connectivity index (χ2n) is 4.56. The molecular formula is C13H15F2NO2. The molecule has 1 aromatic rings. The second-order valence-corrected chi connectivity index (χ2v) is 4.56. The summed E-state index contributed by atoms with van der Waals surface area (Å²) in [4.78, 5) is 13.1. The minimum Gasteiger partial charge on any atom is -0.385 e. The summed E-state index contributed by atoms with van der Waals surface area (Å²) in [5, 5.41) is 9.44. The number of hydrogen-bond donors (Lipinski definition) is 1. The minimum atomic E-state index is -2.68. The SMILES string of the molecule is O=C1CN(Cc2ccccc2)C[C@H](C(F)F)[C@H]1O. The van der Waals surface area contributed by atoms with E-state index in [4.69, 9.17) is 0 Å². The Kier molecular flexibility index (Phi) is 4.04. The molecular weight excluding hydrogens is 240 g/mol. The van der Waals surface area contributed by atoms with Crippen molar-refractivity contribution < 1.29 is 18.7 Å². The molecule has 0 spiro atoms. The lowest BCUT2D eigenvalue weighted by Gasteiger charge is -2.34. The van der Waals surface area contributed by atoms with Crippen molar-refractivity contribution in [1.82, 2.24) is 4.90 Å². The van der Waals surface area contributed by atoms with Gasteiger partial charge in [0.25, 0.3) is 0 Å². The van der Waals surface area contributed by atoms with Crippen LogP contribution in [-0.2, 0) is 11.3 Å². The number of hydrogen-bond acceptors (Lipinski definition) is 3. The molecule has 1 aromatic carbocycles. The van der Waals surface area contributed by atoms with E-state index in [1.165, 1.54) is 0 Å². The fraction of sp³-hybridized carbons (Fsp3) is 0.462. The highest BCUT2D eigenvalue weighted by Crippen LogP contribution is 2.22. The molecule has 1 heterocycles. The van der Waals surface area contributed by atoms with Crippen molar-refractivity contribution in [3.05, 3.63) is 35.9 Å². The number of carbonyl (C=O) groups is 1. The average molecular weight is 255 g/mol. The zero-order chi connectivity index (χ0) is 13.1. The number of benzene rings is 1. The highest BCUT2D eigenvalue weighted by Gasteiger charge is 2.39. The van der Waals surface area contributed by atoms with Crippen LogP contribution in [0.1, 0.15) is 5.56 Å².